The second-order valence-electron chi connectivity index (χ2n) is 4.90. The molecule has 1 fully saturated rings. The monoisotopic (exact) mass is 258 g/mol. The topological polar surface area (TPSA) is 82.2 Å². The smallest absolute Gasteiger partial charge is 0.268 e. The highest BCUT2D eigenvalue weighted by Gasteiger charge is 2.28. The number of carbonyl (C=O) groups excluding carboxylic acids is 1. The number of fused-ring (bicyclic) bond motifs is 1. The highest BCUT2D eigenvalue weighted by molar-refractivity contribution is 5.96. The van der Waals surface area contributed by atoms with Crippen LogP contribution in [0.4, 0.5) is 0 Å². The van der Waals surface area contributed by atoms with Crippen LogP contribution in [0.15, 0.2) is 35.1 Å². The van der Waals surface area contributed by atoms with E-state index in [4.69, 9.17) is 0 Å². The summed E-state index contributed by atoms with van der Waals surface area (Å²) in [4.78, 5) is 26.4. The van der Waals surface area contributed by atoms with E-state index in [2.05, 4.69) is 10.3 Å². The second-order valence-corrected chi connectivity index (χ2v) is 4.90. The van der Waals surface area contributed by atoms with Crippen molar-refractivity contribution in [2.24, 2.45) is 0 Å². The lowest BCUT2D eigenvalue weighted by Crippen LogP contribution is -2.47. The van der Waals surface area contributed by atoms with E-state index in [9.17, 15) is 14.7 Å². The van der Waals surface area contributed by atoms with Crippen molar-refractivity contribution in [2.75, 3.05) is 0 Å². The number of nitrogens with one attached hydrogen (secondary N) is 2. The van der Waals surface area contributed by atoms with Crippen LogP contribution in [0.5, 0.6) is 0 Å². The van der Waals surface area contributed by atoms with Gasteiger partial charge in [0.15, 0.2) is 0 Å². The van der Waals surface area contributed by atoms with Gasteiger partial charge >= 0.3 is 0 Å². The van der Waals surface area contributed by atoms with Crippen LogP contribution in [0.2, 0.25) is 0 Å². The Labute approximate surface area is 109 Å². The van der Waals surface area contributed by atoms with Crippen molar-refractivity contribution in [3.8, 4) is 0 Å². The first-order chi connectivity index (χ1) is 9.13. The first-order valence-corrected chi connectivity index (χ1v) is 6.24. The van der Waals surface area contributed by atoms with Gasteiger partial charge in [-0.3, -0.25) is 9.59 Å². The number of aromatic nitrogens is 1. The summed E-state index contributed by atoms with van der Waals surface area (Å²) in [5, 5.41) is 13.3. The molecule has 98 valence electrons. The third kappa shape index (κ3) is 2.24. The van der Waals surface area contributed by atoms with Gasteiger partial charge < -0.3 is 15.4 Å². The van der Waals surface area contributed by atoms with Gasteiger partial charge in [0.05, 0.1) is 6.10 Å². The Morgan fingerprint density at radius 2 is 2.05 bits per heavy atom. The Bertz CT molecular complexity index is 686. The second kappa shape index (κ2) is 4.51. The van der Waals surface area contributed by atoms with Gasteiger partial charge in [-0.15, -0.1) is 0 Å². The standard InChI is InChI=1S/C14H14N2O3/c17-10-6-9(7-10)15-14(19)12-5-8-3-1-2-4-11(8)13(18)16-12/h1-5,9-10,17H,6-7H2,(H,15,19)(H,16,18). The Morgan fingerprint density at radius 1 is 1.32 bits per heavy atom. The van der Waals surface area contributed by atoms with Gasteiger partial charge in [0.2, 0.25) is 0 Å². The molecule has 1 amide bonds. The molecule has 0 saturated heterocycles. The van der Waals surface area contributed by atoms with E-state index in [1.807, 2.05) is 6.07 Å². The van der Waals surface area contributed by atoms with Crippen LogP contribution in [0.3, 0.4) is 0 Å². The summed E-state index contributed by atoms with van der Waals surface area (Å²) in [6.45, 7) is 0. The molecule has 5 nitrogen and oxygen atoms in total. The number of amides is 1. The number of carbonyl (C=O) groups is 1. The first-order valence-electron chi connectivity index (χ1n) is 6.24. The maximum Gasteiger partial charge on any atom is 0.268 e. The van der Waals surface area contributed by atoms with E-state index in [1.165, 1.54) is 0 Å². The van der Waals surface area contributed by atoms with Gasteiger partial charge in [-0.1, -0.05) is 18.2 Å². The molecule has 0 bridgehead atoms. The molecule has 3 rings (SSSR count). The highest BCUT2D eigenvalue weighted by Crippen LogP contribution is 2.19. The number of rotatable bonds is 2. The molecule has 0 spiro atoms. The van der Waals surface area contributed by atoms with E-state index in [0.717, 1.165) is 5.39 Å². The van der Waals surface area contributed by atoms with Crippen molar-refractivity contribution in [2.45, 2.75) is 25.0 Å². The molecule has 1 aliphatic rings. The minimum atomic E-state index is -0.319. The molecule has 5 heteroatoms. The summed E-state index contributed by atoms with van der Waals surface area (Å²) in [6, 6.07) is 8.80. The Kier molecular flexibility index (Phi) is 2.83. The Morgan fingerprint density at radius 3 is 2.79 bits per heavy atom. The lowest BCUT2D eigenvalue weighted by atomic mass is 9.89. The SMILES string of the molecule is O=C(NC1CC(O)C1)c1cc2ccccc2c(=O)[nH]1. The quantitative estimate of drug-likeness (QED) is 0.744. The number of benzene rings is 1. The van der Waals surface area contributed by atoms with Crippen LogP contribution in [0.1, 0.15) is 23.3 Å². The minimum Gasteiger partial charge on any atom is -0.393 e. The third-order valence-electron chi connectivity index (χ3n) is 3.45. The van der Waals surface area contributed by atoms with Gasteiger partial charge in [-0.05, 0) is 30.4 Å². The van der Waals surface area contributed by atoms with Gasteiger partial charge in [0.25, 0.3) is 11.5 Å². The van der Waals surface area contributed by atoms with Gasteiger partial charge in [0, 0.05) is 11.4 Å². The average molecular weight is 258 g/mol. The van der Waals surface area contributed by atoms with Crippen LogP contribution < -0.4 is 10.9 Å². The fraction of sp³-hybridized carbons (Fsp3) is 0.286. The summed E-state index contributed by atoms with van der Waals surface area (Å²) in [7, 11) is 0. The lowest BCUT2D eigenvalue weighted by molar-refractivity contribution is 0.0560. The fourth-order valence-electron chi connectivity index (χ4n) is 2.30. The molecule has 1 saturated carbocycles. The largest absolute Gasteiger partial charge is 0.393 e. The van der Waals surface area contributed by atoms with E-state index in [1.54, 1.807) is 24.3 Å². The highest BCUT2D eigenvalue weighted by atomic mass is 16.3. The first kappa shape index (κ1) is 11.9. The minimum absolute atomic E-state index is 0.00234. The van der Waals surface area contributed by atoms with E-state index < -0.39 is 0 Å². The lowest BCUT2D eigenvalue weighted by Gasteiger charge is -2.31. The summed E-state index contributed by atoms with van der Waals surface area (Å²) in [5.41, 5.74) is -0.0121. The number of pyridine rings is 1. The van der Waals surface area contributed by atoms with Crippen molar-refractivity contribution in [1.82, 2.24) is 10.3 Å². The molecule has 1 aliphatic carbocycles. The molecule has 3 N–H and O–H groups in total. The van der Waals surface area contributed by atoms with Crippen LogP contribution in [0, 0.1) is 0 Å². The molecule has 0 radical (unpaired) electrons. The predicted octanol–water partition coefficient (Wildman–Crippen LogP) is 0.781. The number of aliphatic hydroxyl groups excluding tert-OH is 1. The third-order valence-corrected chi connectivity index (χ3v) is 3.45. The molecular formula is C14H14N2O3. The Balaban J connectivity index is 1.88. The van der Waals surface area contributed by atoms with Gasteiger partial charge in [-0.25, -0.2) is 0 Å². The van der Waals surface area contributed by atoms with Crippen molar-refractivity contribution >= 4 is 16.7 Å². The zero-order chi connectivity index (χ0) is 13.4. The zero-order valence-corrected chi connectivity index (χ0v) is 10.2. The molecule has 0 atom stereocenters. The van der Waals surface area contributed by atoms with E-state index in [0.29, 0.717) is 18.2 Å². The predicted molar refractivity (Wildman–Crippen MR) is 71.1 cm³/mol. The molecule has 0 unspecified atom stereocenters. The van der Waals surface area contributed by atoms with Crippen molar-refractivity contribution < 1.29 is 9.90 Å². The molecule has 1 heterocycles. The molecular weight excluding hydrogens is 244 g/mol. The van der Waals surface area contributed by atoms with Gasteiger partial charge in [0.1, 0.15) is 5.69 Å². The maximum absolute atomic E-state index is 12.0. The molecule has 1 aromatic heterocycles. The van der Waals surface area contributed by atoms with Crippen LogP contribution in [-0.4, -0.2) is 28.1 Å². The number of H-pyrrole nitrogens is 1. The number of aliphatic hydroxyl groups is 1. The van der Waals surface area contributed by atoms with E-state index in [-0.39, 0.29) is 29.3 Å². The van der Waals surface area contributed by atoms with Crippen molar-refractivity contribution in [3.05, 3.63) is 46.4 Å². The summed E-state index contributed by atoms with van der Waals surface area (Å²) < 4.78 is 0. The van der Waals surface area contributed by atoms with Crippen molar-refractivity contribution in [3.63, 3.8) is 0 Å². The normalized spacial score (nSPS) is 21.9. The fourth-order valence-corrected chi connectivity index (χ4v) is 2.30. The van der Waals surface area contributed by atoms with Crippen LogP contribution in [-0.2, 0) is 0 Å². The zero-order valence-electron chi connectivity index (χ0n) is 10.2. The molecule has 2 aromatic rings. The van der Waals surface area contributed by atoms with Crippen LogP contribution >= 0.6 is 0 Å². The van der Waals surface area contributed by atoms with E-state index >= 15 is 0 Å². The van der Waals surface area contributed by atoms with Gasteiger partial charge in [-0.2, -0.15) is 0 Å². The molecule has 19 heavy (non-hydrogen) atoms. The number of hydrogen-bond donors (Lipinski definition) is 3. The summed E-state index contributed by atoms with van der Waals surface area (Å²) >= 11 is 0. The van der Waals surface area contributed by atoms with Crippen molar-refractivity contribution in [1.29, 1.82) is 0 Å². The average Bonchev–Trinajstić information content (AvgIpc) is 2.37. The summed E-state index contributed by atoms with van der Waals surface area (Å²) in [5.74, 6) is -0.306. The maximum atomic E-state index is 12.0. The Hall–Kier alpha value is -2.14. The number of hydrogen-bond acceptors (Lipinski definition) is 3. The number of aromatic amines is 1. The molecule has 0 aliphatic heterocycles. The molecule has 1 aromatic carbocycles. The van der Waals surface area contributed by atoms with Crippen LogP contribution in [0.25, 0.3) is 10.8 Å². The summed E-state index contributed by atoms with van der Waals surface area (Å²) in [6.07, 6.45) is 0.827.